The minimum Gasteiger partial charge on any atom is -0.325 e. The minimum absolute atomic E-state index is 0.168. The molecule has 0 radical (unpaired) electrons. The number of nitrogens with two attached hydrogens (primary N) is 1. The summed E-state index contributed by atoms with van der Waals surface area (Å²) < 4.78 is 0. The molecule has 3 N–H and O–H groups in total. The standard InChI is InChI=1S/C14H28N2/c1-12(2)13(7-8-13)11-16-10-9-14(15)5-3-4-6-14/h12,16H,3-11,15H2,1-2H3. The molecule has 0 bridgehead atoms. The normalized spacial score (nSPS) is 26.2. The molecule has 2 aliphatic carbocycles. The highest BCUT2D eigenvalue weighted by atomic mass is 14.9. The summed E-state index contributed by atoms with van der Waals surface area (Å²) in [6.07, 6.45) is 9.17. The second-order valence-electron chi connectivity index (χ2n) is 6.51. The van der Waals surface area contributed by atoms with E-state index in [4.69, 9.17) is 5.73 Å². The number of hydrogen-bond donors (Lipinski definition) is 2. The maximum absolute atomic E-state index is 6.34. The molecule has 0 heterocycles. The van der Waals surface area contributed by atoms with Gasteiger partial charge in [0.1, 0.15) is 0 Å². The molecular formula is C14H28N2. The van der Waals surface area contributed by atoms with Crippen LogP contribution in [-0.4, -0.2) is 18.6 Å². The first-order valence-corrected chi connectivity index (χ1v) is 7.06. The van der Waals surface area contributed by atoms with E-state index in [2.05, 4.69) is 19.2 Å². The van der Waals surface area contributed by atoms with E-state index in [1.54, 1.807) is 0 Å². The average molecular weight is 224 g/mol. The Bertz CT molecular complexity index is 221. The first-order valence-electron chi connectivity index (χ1n) is 7.06. The Morgan fingerprint density at radius 3 is 2.25 bits per heavy atom. The van der Waals surface area contributed by atoms with Gasteiger partial charge in [-0.25, -0.2) is 0 Å². The van der Waals surface area contributed by atoms with Crippen molar-refractivity contribution >= 4 is 0 Å². The number of nitrogens with one attached hydrogen (secondary N) is 1. The molecule has 2 rings (SSSR count). The molecule has 0 aliphatic heterocycles. The molecule has 0 aromatic carbocycles. The molecule has 0 saturated heterocycles. The Kier molecular flexibility index (Phi) is 3.60. The predicted octanol–water partition coefficient (Wildman–Crippen LogP) is 2.67. The molecule has 2 heteroatoms. The smallest absolute Gasteiger partial charge is 0.0166 e. The first kappa shape index (κ1) is 12.4. The van der Waals surface area contributed by atoms with Crippen LogP contribution in [0.4, 0.5) is 0 Å². The Morgan fingerprint density at radius 2 is 1.75 bits per heavy atom. The highest BCUT2D eigenvalue weighted by Crippen LogP contribution is 2.51. The second kappa shape index (κ2) is 4.66. The van der Waals surface area contributed by atoms with Gasteiger partial charge in [-0.3, -0.25) is 0 Å². The molecule has 16 heavy (non-hydrogen) atoms. The van der Waals surface area contributed by atoms with Gasteiger partial charge in [0.05, 0.1) is 0 Å². The van der Waals surface area contributed by atoms with Crippen LogP contribution in [0.5, 0.6) is 0 Å². The molecule has 0 aromatic heterocycles. The zero-order valence-corrected chi connectivity index (χ0v) is 11.0. The van der Waals surface area contributed by atoms with Crippen molar-refractivity contribution < 1.29 is 0 Å². The summed E-state index contributed by atoms with van der Waals surface area (Å²) in [6, 6.07) is 0. The topological polar surface area (TPSA) is 38.0 Å². The third kappa shape index (κ3) is 2.78. The fourth-order valence-electron chi connectivity index (χ4n) is 3.12. The van der Waals surface area contributed by atoms with Gasteiger partial charge >= 0.3 is 0 Å². The Labute approximate surface area is 100 Å². The molecule has 0 aromatic rings. The minimum atomic E-state index is 0.168. The monoisotopic (exact) mass is 224 g/mol. The molecule has 0 atom stereocenters. The van der Waals surface area contributed by atoms with Crippen molar-refractivity contribution in [3.05, 3.63) is 0 Å². The second-order valence-corrected chi connectivity index (χ2v) is 6.51. The van der Waals surface area contributed by atoms with E-state index in [0.29, 0.717) is 5.41 Å². The van der Waals surface area contributed by atoms with E-state index in [1.165, 1.54) is 51.5 Å². The van der Waals surface area contributed by atoms with Crippen LogP contribution < -0.4 is 11.1 Å². The number of rotatable bonds is 6. The largest absolute Gasteiger partial charge is 0.325 e. The Balaban J connectivity index is 1.62. The Hall–Kier alpha value is -0.0800. The summed E-state index contributed by atoms with van der Waals surface area (Å²) in [4.78, 5) is 0. The SMILES string of the molecule is CC(C)C1(CNCCC2(N)CCCC2)CC1. The van der Waals surface area contributed by atoms with Crippen LogP contribution in [-0.2, 0) is 0 Å². The van der Waals surface area contributed by atoms with Gasteiger partial charge in [0.15, 0.2) is 0 Å². The quantitative estimate of drug-likeness (QED) is 0.681. The summed E-state index contributed by atoms with van der Waals surface area (Å²) in [5.41, 5.74) is 7.15. The van der Waals surface area contributed by atoms with Gasteiger partial charge in [-0.2, -0.15) is 0 Å². The molecule has 2 aliphatic rings. The summed E-state index contributed by atoms with van der Waals surface area (Å²) in [5.74, 6) is 0.832. The predicted molar refractivity (Wildman–Crippen MR) is 69.4 cm³/mol. The van der Waals surface area contributed by atoms with Crippen molar-refractivity contribution in [3.8, 4) is 0 Å². The summed E-state index contributed by atoms with van der Waals surface area (Å²) in [6.45, 7) is 7.04. The van der Waals surface area contributed by atoms with E-state index in [9.17, 15) is 0 Å². The molecule has 2 fully saturated rings. The zero-order chi connectivity index (χ0) is 11.6. The van der Waals surface area contributed by atoms with E-state index >= 15 is 0 Å². The lowest BCUT2D eigenvalue weighted by molar-refractivity contribution is 0.323. The molecular weight excluding hydrogens is 196 g/mol. The third-order valence-corrected chi connectivity index (χ3v) is 4.99. The van der Waals surface area contributed by atoms with Crippen molar-refractivity contribution in [2.45, 2.75) is 64.3 Å². The molecule has 94 valence electrons. The van der Waals surface area contributed by atoms with Crippen molar-refractivity contribution in [3.63, 3.8) is 0 Å². The fraction of sp³-hybridized carbons (Fsp3) is 1.00. The van der Waals surface area contributed by atoms with Crippen molar-refractivity contribution in [2.75, 3.05) is 13.1 Å². The lowest BCUT2D eigenvalue weighted by Gasteiger charge is -2.25. The maximum Gasteiger partial charge on any atom is 0.0166 e. The van der Waals surface area contributed by atoms with Crippen LogP contribution in [0.3, 0.4) is 0 Å². The van der Waals surface area contributed by atoms with E-state index in [-0.39, 0.29) is 5.54 Å². The van der Waals surface area contributed by atoms with Crippen LogP contribution >= 0.6 is 0 Å². The van der Waals surface area contributed by atoms with E-state index in [0.717, 1.165) is 12.5 Å². The van der Waals surface area contributed by atoms with Crippen LogP contribution in [0, 0.1) is 11.3 Å². The fourth-order valence-corrected chi connectivity index (χ4v) is 3.12. The van der Waals surface area contributed by atoms with Crippen LogP contribution in [0.2, 0.25) is 0 Å². The van der Waals surface area contributed by atoms with Crippen LogP contribution in [0.25, 0.3) is 0 Å². The summed E-state index contributed by atoms with van der Waals surface area (Å²) in [5, 5.41) is 3.64. The highest BCUT2D eigenvalue weighted by Gasteiger charge is 2.44. The van der Waals surface area contributed by atoms with Gasteiger partial charge < -0.3 is 11.1 Å². The lowest BCUT2D eigenvalue weighted by atomic mass is 9.91. The van der Waals surface area contributed by atoms with Gasteiger partial charge in [-0.15, -0.1) is 0 Å². The van der Waals surface area contributed by atoms with Gasteiger partial charge in [0.25, 0.3) is 0 Å². The summed E-state index contributed by atoms with van der Waals surface area (Å²) >= 11 is 0. The molecule has 0 unspecified atom stereocenters. The molecule has 0 spiro atoms. The van der Waals surface area contributed by atoms with Gasteiger partial charge in [0, 0.05) is 12.1 Å². The van der Waals surface area contributed by atoms with Crippen LogP contribution in [0.1, 0.15) is 58.8 Å². The molecule has 0 amide bonds. The zero-order valence-electron chi connectivity index (χ0n) is 11.0. The van der Waals surface area contributed by atoms with Crippen molar-refractivity contribution in [1.29, 1.82) is 0 Å². The van der Waals surface area contributed by atoms with Crippen molar-refractivity contribution in [1.82, 2.24) is 5.32 Å². The lowest BCUT2D eigenvalue weighted by Crippen LogP contribution is -2.40. The Morgan fingerprint density at radius 1 is 1.12 bits per heavy atom. The van der Waals surface area contributed by atoms with Gasteiger partial charge in [-0.05, 0) is 50.0 Å². The highest BCUT2D eigenvalue weighted by molar-refractivity contribution is 4.97. The van der Waals surface area contributed by atoms with Crippen LogP contribution in [0.15, 0.2) is 0 Å². The van der Waals surface area contributed by atoms with Gasteiger partial charge in [-0.1, -0.05) is 26.7 Å². The number of hydrogen-bond acceptors (Lipinski definition) is 2. The molecule has 2 nitrogen and oxygen atoms in total. The first-order chi connectivity index (χ1) is 7.56. The van der Waals surface area contributed by atoms with Gasteiger partial charge in [0.2, 0.25) is 0 Å². The third-order valence-electron chi connectivity index (χ3n) is 4.99. The van der Waals surface area contributed by atoms with Crippen molar-refractivity contribution in [2.24, 2.45) is 17.1 Å². The average Bonchev–Trinajstić information content (AvgIpc) is 2.92. The van der Waals surface area contributed by atoms with E-state index < -0.39 is 0 Å². The summed E-state index contributed by atoms with van der Waals surface area (Å²) in [7, 11) is 0. The van der Waals surface area contributed by atoms with E-state index in [1.807, 2.05) is 0 Å². The molecule has 2 saturated carbocycles. The maximum atomic E-state index is 6.34.